The zero-order chi connectivity index (χ0) is 22.8. The fraction of sp³-hybridized carbons (Fsp3) is 0.500. The number of aromatic nitrogens is 2. The Morgan fingerprint density at radius 1 is 1.16 bits per heavy atom. The molecule has 1 aromatic carbocycles. The zero-order valence-corrected chi connectivity index (χ0v) is 20.0. The van der Waals surface area contributed by atoms with Crippen molar-refractivity contribution in [2.24, 2.45) is 5.92 Å². The van der Waals surface area contributed by atoms with Gasteiger partial charge in [0.15, 0.2) is 5.78 Å². The number of ketones is 1. The van der Waals surface area contributed by atoms with E-state index in [-0.39, 0.29) is 11.3 Å². The molecule has 170 valence electrons. The number of aryl methyl sites for hydroxylation is 2. The Kier molecular flexibility index (Phi) is 6.68. The lowest BCUT2D eigenvalue weighted by molar-refractivity contribution is 0.0983. The van der Waals surface area contributed by atoms with Crippen LogP contribution in [0.4, 0.5) is 0 Å². The minimum absolute atomic E-state index is 0.0558. The summed E-state index contributed by atoms with van der Waals surface area (Å²) in [6, 6.07) is 10.7. The Morgan fingerprint density at radius 3 is 2.59 bits per heavy atom. The molecule has 1 aliphatic rings. The van der Waals surface area contributed by atoms with E-state index in [9.17, 15) is 9.59 Å². The Labute approximate surface area is 191 Å². The van der Waals surface area contributed by atoms with Gasteiger partial charge in [-0.1, -0.05) is 44.4 Å². The van der Waals surface area contributed by atoms with Gasteiger partial charge >= 0.3 is 0 Å². The maximum atomic E-state index is 13.5. The van der Waals surface area contributed by atoms with E-state index in [1.807, 2.05) is 19.1 Å². The van der Waals surface area contributed by atoms with E-state index >= 15 is 0 Å². The number of rotatable bonds is 7. The first-order valence-electron chi connectivity index (χ1n) is 12.3. The molecule has 0 aliphatic heterocycles. The summed E-state index contributed by atoms with van der Waals surface area (Å²) in [6.07, 6.45) is 8.13. The number of H-pyrrole nitrogens is 1. The molecule has 0 radical (unpaired) electrons. The summed E-state index contributed by atoms with van der Waals surface area (Å²) >= 11 is 0. The first kappa shape index (κ1) is 22.6. The lowest BCUT2D eigenvalue weighted by Gasteiger charge is -2.30. The molecule has 1 unspecified atom stereocenters. The van der Waals surface area contributed by atoms with Crippen LogP contribution in [-0.4, -0.2) is 15.3 Å². The monoisotopic (exact) mass is 432 g/mol. The van der Waals surface area contributed by atoms with Crippen LogP contribution in [0.2, 0.25) is 0 Å². The van der Waals surface area contributed by atoms with Crippen LogP contribution in [0.25, 0.3) is 10.9 Å². The first-order valence-corrected chi connectivity index (χ1v) is 12.3. The summed E-state index contributed by atoms with van der Waals surface area (Å²) in [5, 5.41) is 1.05. The van der Waals surface area contributed by atoms with Crippen LogP contribution < -0.4 is 5.56 Å². The highest BCUT2D eigenvalue weighted by Crippen LogP contribution is 2.38. The Bertz CT molecular complexity index is 1180. The van der Waals surface area contributed by atoms with E-state index in [0.29, 0.717) is 24.8 Å². The number of pyridine rings is 1. The largest absolute Gasteiger partial charge is 0.341 e. The highest BCUT2D eigenvalue weighted by Gasteiger charge is 2.27. The summed E-state index contributed by atoms with van der Waals surface area (Å²) in [6.45, 7) is 8.39. The molecule has 4 rings (SSSR count). The smallest absolute Gasteiger partial charge is 0.251 e. The summed E-state index contributed by atoms with van der Waals surface area (Å²) in [7, 11) is 0. The molecule has 1 aliphatic carbocycles. The average molecular weight is 433 g/mol. The molecule has 1 saturated carbocycles. The van der Waals surface area contributed by atoms with E-state index in [2.05, 4.69) is 48.5 Å². The number of carbonyl (C=O) groups is 1. The van der Waals surface area contributed by atoms with Gasteiger partial charge in [-0.05, 0) is 70.1 Å². The standard InChI is InChI=1S/C28H36N2O2/c1-5-21-17-18(2)29-28(32)23(21)15-16-26(31)27-20(4)30(25-14-10-9-13-24(25)27)19(3)22-11-7-6-8-12-22/h9-10,13-14,17,19,22H,5-8,11-12,15-16H2,1-4H3,(H,29,32). The van der Waals surface area contributed by atoms with Crippen LogP contribution in [0, 0.1) is 19.8 Å². The van der Waals surface area contributed by atoms with Crippen molar-refractivity contribution < 1.29 is 4.79 Å². The minimum Gasteiger partial charge on any atom is -0.341 e. The van der Waals surface area contributed by atoms with Crippen LogP contribution in [-0.2, 0) is 12.8 Å². The molecular formula is C28H36N2O2. The lowest BCUT2D eigenvalue weighted by Crippen LogP contribution is -2.20. The van der Waals surface area contributed by atoms with Crippen molar-refractivity contribution in [3.63, 3.8) is 0 Å². The Morgan fingerprint density at radius 2 is 1.88 bits per heavy atom. The number of hydrogen-bond donors (Lipinski definition) is 1. The van der Waals surface area contributed by atoms with Gasteiger partial charge in [0.2, 0.25) is 0 Å². The van der Waals surface area contributed by atoms with Gasteiger partial charge in [-0.3, -0.25) is 9.59 Å². The second kappa shape index (κ2) is 9.48. The van der Waals surface area contributed by atoms with Gasteiger partial charge in [-0.25, -0.2) is 0 Å². The molecule has 2 aromatic heterocycles. The van der Waals surface area contributed by atoms with Gasteiger partial charge in [-0.15, -0.1) is 0 Å². The van der Waals surface area contributed by atoms with Crippen LogP contribution in [0.5, 0.6) is 0 Å². The highest BCUT2D eigenvalue weighted by atomic mass is 16.1. The van der Waals surface area contributed by atoms with Gasteiger partial charge in [0.05, 0.1) is 0 Å². The molecular weight excluding hydrogens is 396 g/mol. The number of nitrogens with one attached hydrogen (secondary N) is 1. The number of carbonyl (C=O) groups excluding carboxylic acids is 1. The lowest BCUT2D eigenvalue weighted by atomic mass is 9.84. The Balaban J connectivity index is 1.67. The third-order valence-corrected chi connectivity index (χ3v) is 7.52. The third kappa shape index (κ3) is 4.20. The van der Waals surface area contributed by atoms with Gasteiger partial charge in [-0.2, -0.15) is 0 Å². The molecule has 1 atom stereocenters. The van der Waals surface area contributed by atoms with E-state index in [0.717, 1.165) is 45.4 Å². The average Bonchev–Trinajstić information content (AvgIpc) is 3.09. The van der Waals surface area contributed by atoms with Crippen molar-refractivity contribution in [1.29, 1.82) is 0 Å². The van der Waals surface area contributed by atoms with Crippen molar-refractivity contribution in [3.8, 4) is 0 Å². The van der Waals surface area contributed by atoms with Crippen LogP contribution >= 0.6 is 0 Å². The van der Waals surface area contributed by atoms with Crippen molar-refractivity contribution in [2.45, 2.75) is 85.1 Å². The van der Waals surface area contributed by atoms with E-state index in [1.54, 1.807) is 0 Å². The topological polar surface area (TPSA) is 54.9 Å². The predicted octanol–water partition coefficient (Wildman–Crippen LogP) is 6.47. The fourth-order valence-corrected chi connectivity index (χ4v) is 5.83. The number of fused-ring (bicyclic) bond motifs is 1. The van der Waals surface area contributed by atoms with Crippen molar-refractivity contribution in [3.05, 3.63) is 68.8 Å². The molecule has 4 heteroatoms. The second-order valence-electron chi connectivity index (χ2n) is 9.55. The predicted molar refractivity (Wildman–Crippen MR) is 132 cm³/mol. The molecule has 0 spiro atoms. The molecule has 0 bridgehead atoms. The first-order chi connectivity index (χ1) is 15.4. The summed E-state index contributed by atoms with van der Waals surface area (Å²) in [5.41, 5.74) is 5.69. The number of para-hydroxylation sites is 1. The maximum absolute atomic E-state index is 13.5. The fourth-order valence-electron chi connectivity index (χ4n) is 5.83. The second-order valence-corrected chi connectivity index (χ2v) is 9.55. The SMILES string of the molecule is CCc1cc(C)[nH]c(=O)c1CCC(=O)c1c(C)n(C(C)C2CCCCC2)c2ccccc12. The van der Waals surface area contributed by atoms with Crippen molar-refractivity contribution in [2.75, 3.05) is 0 Å². The summed E-state index contributed by atoms with van der Waals surface area (Å²) in [5.74, 6) is 0.801. The highest BCUT2D eigenvalue weighted by molar-refractivity contribution is 6.09. The minimum atomic E-state index is -0.0558. The van der Waals surface area contributed by atoms with Gasteiger partial charge in [0.1, 0.15) is 0 Å². The van der Waals surface area contributed by atoms with Crippen LogP contribution in [0.15, 0.2) is 35.1 Å². The maximum Gasteiger partial charge on any atom is 0.251 e. The zero-order valence-electron chi connectivity index (χ0n) is 20.0. The molecule has 1 N–H and O–H groups in total. The van der Waals surface area contributed by atoms with E-state index in [1.165, 1.54) is 32.1 Å². The number of nitrogens with zero attached hydrogens (tertiary/aromatic N) is 1. The summed E-state index contributed by atoms with van der Waals surface area (Å²) < 4.78 is 2.41. The van der Waals surface area contributed by atoms with Crippen molar-refractivity contribution in [1.82, 2.24) is 9.55 Å². The normalized spacial score (nSPS) is 15.9. The number of Topliss-reactive ketones (excluding diaryl/α,β-unsaturated/α-hetero) is 1. The quantitative estimate of drug-likeness (QED) is 0.435. The molecule has 32 heavy (non-hydrogen) atoms. The number of aromatic amines is 1. The number of hydrogen-bond acceptors (Lipinski definition) is 2. The van der Waals surface area contributed by atoms with E-state index < -0.39 is 0 Å². The van der Waals surface area contributed by atoms with Gasteiger partial charge in [0.25, 0.3) is 5.56 Å². The molecule has 0 amide bonds. The molecule has 4 nitrogen and oxygen atoms in total. The molecule has 0 saturated heterocycles. The third-order valence-electron chi connectivity index (χ3n) is 7.52. The number of benzene rings is 1. The van der Waals surface area contributed by atoms with Crippen LogP contribution in [0.3, 0.4) is 0 Å². The van der Waals surface area contributed by atoms with Gasteiger partial charge in [0, 0.05) is 45.9 Å². The molecule has 2 heterocycles. The van der Waals surface area contributed by atoms with E-state index in [4.69, 9.17) is 0 Å². The van der Waals surface area contributed by atoms with Crippen molar-refractivity contribution >= 4 is 16.7 Å². The van der Waals surface area contributed by atoms with Gasteiger partial charge < -0.3 is 9.55 Å². The summed E-state index contributed by atoms with van der Waals surface area (Å²) in [4.78, 5) is 29.0. The Hall–Kier alpha value is -2.62. The van der Waals surface area contributed by atoms with Crippen LogP contribution in [0.1, 0.15) is 91.3 Å². The molecule has 1 fully saturated rings. The molecule has 3 aromatic rings.